The summed E-state index contributed by atoms with van der Waals surface area (Å²) in [4.78, 5) is 25.3. The van der Waals surface area contributed by atoms with E-state index in [4.69, 9.17) is 26.4 Å². The van der Waals surface area contributed by atoms with E-state index < -0.39 is 17.9 Å². The van der Waals surface area contributed by atoms with Crippen molar-refractivity contribution < 1.29 is 28.2 Å². The monoisotopic (exact) mass is 654 g/mol. The quantitative estimate of drug-likeness (QED) is 0.114. The second kappa shape index (κ2) is 14.6. The third-order valence-corrected chi connectivity index (χ3v) is 6.77. The highest BCUT2D eigenvalue weighted by molar-refractivity contribution is 9.10. The normalized spacial score (nSPS) is 14.7. The van der Waals surface area contributed by atoms with Crippen molar-refractivity contribution in [2.45, 2.75) is 26.5 Å². The second-order valence-corrected chi connectivity index (χ2v) is 10.3. The SMILES string of the molecule is CCOC(=O)C1=C(C)NC(=S)N[C@@H]1c1ccccc1OCC(=O)NN=Cc1cc(Br)ccc1OCc1ccccc1F. The van der Waals surface area contributed by atoms with E-state index in [2.05, 4.69) is 37.1 Å². The number of rotatable bonds is 11. The first-order chi connectivity index (χ1) is 20.3. The Morgan fingerprint density at radius 3 is 2.64 bits per heavy atom. The third-order valence-electron chi connectivity index (χ3n) is 6.06. The molecule has 3 aromatic carbocycles. The number of amides is 1. The van der Waals surface area contributed by atoms with Gasteiger partial charge in [-0.1, -0.05) is 52.3 Å². The van der Waals surface area contributed by atoms with Gasteiger partial charge in [0, 0.05) is 26.9 Å². The molecule has 0 aromatic heterocycles. The number of hydrogen-bond donors (Lipinski definition) is 3. The van der Waals surface area contributed by atoms with Crippen LogP contribution in [-0.2, 0) is 20.9 Å². The molecule has 3 aromatic rings. The lowest BCUT2D eigenvalue weighted by Gasteiger charge is -2.30. The lowest BCUT2D eigenvalue weighted by Crippen LogP contribution is -2.45. The molecule has 0 unspecified atom stereocenters. The van der Waals surface area contributed by atoms with E-state index in [9.17, 15) is 14.0 Å². The Labute approximate surface area is 256 Å². The molecule has 9 nitrogen and oxygen atoms in total. The van der Waals surface area contributed by atoms with Crippen LogP contribution in [0, 0.1) is 5.82 Å². The van der Waals surface area contributed by atoms with E-state index in [-0.39, 0.29) is 25.6 Å². The maximum atomic E-state index is 14.0. The van der Waals surface area contributed by atoms with Crippen LogP contribution in [-0.4, -0.2) is 36.4 Å². The van der Waals surface area contributed by atoms with Gasteiger partial charge in [0.05, 0.1) is 24.4 Å². The number of halogens is 2. The van der Waals surface area contributed by atoms with Crippen LogP contribution >= 0.6 is 28.1 Å². The molecule has 0 bridgehead atoms. The van der Waals surface area contributed by atoms with Crippen molar-refractivity contribution in [2.75, 3.05) is 13.2 Å². The number of hydrogen-bond acceptors (Lipinski definition) is 7. The van der Waals surface area contributed by atoms with E-state index in [1.165, 1.54) is 12.3 Å². The Morgan fingerprint density at radius 1 is 1.10 bits per heavy atom. The molecule has 1 heterocycles. The van der Waals surface area contributed by atoms with Gasteiger partial charge in [-0.3, -0.25) is 4.79 Å². The van der Waals surface area contributed by atoms with E-state index >= 15 is 0 Å². The van der Waals surface area contributed by atoms with Crippen molar-refractivity contribution >= 4 is 51.4 Å². The Bertz CT molecular complexity index is 1550. The van der Waals surface area contributed by atoms with Crippen LogP contribution in [0.4, 0.5) is 4.39 Å². The zero-order chi connectivity index (χ0) is 30.1. The minimum atomic E-state index is -0.644. The summed E-state index contributed by atoms with van der Waals surface area (Å²) < 4.78 is 31.6. The van der Waals surface area contributed by atoms with Crippen LogP contribution in [0.5, 0.6) is 11.5 Å². The first-order valence-corrected chi connectivity index (χ1v) is 14.1. The molecule has 0 saturated carbocycles. The number of ether oxygens (including phenoxy) is 3. The van der Waals surface area contributed by atoms with E-state index in [0.29, 0.717) is 44.6 Å². The van der Waals surface area contributed by atoms with E-state index in [1.54, 1.807) is 74.5 Å². The summed E-state index contributed by atoms with van der Waals surface area (Å²) in [6.45, 7) is 3.35. The fourth-order valence-corrected chi connectivity index (χ4v) is 4.78. The molecule has 0 aliphatic carbocycles. The first-order valence-electron chi connectivity index (χ1n) is 12.9. The lowest BCUT2D eigenvalue weighted by atomic mass is 9.95. The van der Waals surface area contributed by atoms with Gasteiger partial charge in [0.15, 0.2) is 11.7 Å². The molecule has 0 saturated heterocycles. The highest BCUT2D eigenvalue weighted by Crippen LogP contribution is 2.33. The number of allylic oxidation sites excluding steroid dienone is 1. The maximum absolute atomic E-state index is 14.0. The van der Waals surface area contributed by atoms with Crippen LogP contribution in [0.1, 0.15) is 36.6 Å². The molecule has 1 aliphatic heterocycles. The summed E-state index contributed by atoms with van der Waals surface area (Å²) in [6, 6.07) is 18.0. The predicted molar refractivity (Wildman–Crippen MR) is 163 cm³/mol. The number of esters is 1. The second-order valence-electron chi connectivity index (χ2n) is 8.97. The number of nitrogens with zero attached hydrogens (tertiary/aromatic N) is 1. The maximum Gasteiger partial charge on any atom is 0.338 e. The highest BCUT2D eigenvalue weighted by atomic mass is 79.9. The number of carbonyl (C=O) groups is 2. The largest absolute Gasteiger partial charge is 0.488 e. The van der Waals surface area contributed by atoms with Crippen LogP contribution in [0.2, 0.25) is 0 Å². The van der Waals surface area contributed by atoms with Crippen molar-refractivity contribution in [3.8, 4) is 11.5 Å². The third kappa shape index (κ3) is 7.92. The Balaban J connectivity index is 1.42. The summed E-state index contributed by atoms with van der Waals surface area (Å²) in [6.07, 6.45) is 1.42. The fourth-order valence-electron chi connectivity index (χ4n) is 4.13. The summed E-state index contributed by atoms with van der Waals surface area (Å²) >= 11 is 8.72. The molecule has 1 atom stereocenters. The first kappa shape index (κ1) is 30.7. The average molecular weight is 656 g/mol. The number of carbonyl (C=O) groups excluding carboxylic acids is 2. The molecular weight excluding hydrogens is 627 g/mol. The average Bonchev–Trinajstić information content (AvgIpc) is 2.96. The zero-order valence-corrected chi connectivity index (χ0v) is 25.2. The van der Waals surface area contributed by atoms with Gasteiger partial charge in [-0.2, -0.15) is 5.10 Å². The van der Waals surface area contributed by atoms with Gasteiger partial charge in [0.1, 0.15) is 23.9 Å². The molecule has 0 spiro atoms. The smallest absolute Gasteiger partial charge is 0.338 e. The van der Waals surface area contributed by atoms with Gasteiger partial charge in [0.25, 0.3) is 5.91 Å². The van der Waals surface area contributed by atoms with Crippen molar-refractivity contribution in [2.24, 2.45) is 5.10 Å². The fraction of sp³-hybridized carbons (Fsp3) is 0.200. The Hall–Kier alpha value is -4.29. The summed E-state index contributed by atoms with van der Waals surface area (Å²) in [5.41, 5.74) is 4.93. The Kier molecular flexibility index (Phi) is 10.6. The summed E-state index contributed by atoms with van der Waals surface area (Å²) in [7, 11) is 0. The van der Waals surface area contributed by atoms with Gasteiger partial charge in [0.2, 0.25) is 0 Å². The van der Waals surface area contributed by atoms with Crippen molar-refractivity contribution in [1.29, 1.82) is 0 Å². The molecule has 0 fully saturated rings. The van der Waals surface area contributed by atoms with Gasteiger partial charge in [-0.15, -0.1) is 0 Å². The molecule has 4 rings (SSSR count). The van der Waals surface area contributed by atoms with Crippen molar-refractivity contribution in [3.05, 3.63) is 105 Å². The lowest BCUT2D eigenvalue weighted by molar-refractivity contribution is -0.139. The van der Waals surface area contributed by atoms with Crippen LogP contribution in [0.25, 0.3) is 0 Å². The number of thiocarbonyl (C=S) groups is 1. The molecule has 0 radical (unpaired) electrons. The number of nitrogens with one attached hydrogen (secondary N) is 3. The molecule has 3 N–H and O–H groups in total. The number of hydrazone groups is 1. The number of benzene rings is 3. The molecule has 218 valence electrons. The minimum absolute atomic E-state index is 0.0258. The van der Waals surface area contributed by atoms with Gasteiger partial charge < -0.3 is 24.8 Å². The van der Waals surface area contributed by atoms with Crippen LogP contribution in [0.3, 0.4) is 0 Å². The van der Waals surface area contributed by atoms with Gasteiger partial charge in [-0.25, -0.2) is 14.6 Å². The Morgan fingerprint density at radius 2 is 1.86 bits per heavy atom. The van der Waals surface area contributed by atoms with Crippen LogP contribution < -0.4 is 25.5 Å². The highest BCUT2D eigenvalue weighted by Gasteiger charge is 2.32. The van der Waals surface area contributed by atoms with Crippen LogP contribution in [0.15, 0.2) is 87.6 Å². The predicted octanol–water partition coefficient (Wildman–Crippen LogP) is 5.05. The minimum Gasteiger partial charge on any atom is -0.488 e. The topological polar surface area (TPSA) is 110 Å². The number of para-hydroxylation sites is 1. The molecular formula is C30H28BrFN4O5S. The zero-order valence-electron chi connectivity index (χ0n) is 22.8. The standard InChI is InChI=1S/C30H28BrFN4O5S/c1-3-39-29(38)27-18(2)34-30(42)35-28(27)22-9-5-7-11-25(22)41-17-26(37)36-33-15-20-14-21(31)12-13-24(20)40-16-19-8-4-6-10-23(19)32/h4-15,28H,3,16-17H2,1-2H3,(H,36,37)(H2,34,35,42)/t28-/m1/s1. The molecule has 1 aliphatic rings. The van der Waals surface area contributed by atoms with Crippen molar-refractivity contribution in [1.82, 2.24) is 16.1 Å². The van der Waals surface area contributed by atoms with E-state index in [1.807, 2.05) is 0 Å². The molecule has 42 heavy (non-hydrogen) atoms. The molecule has 12 heteroatoms. The van der Waals surface area contributed by atoms with Gasteiger partial charge >= 0.3 is 5.97 Å². The van der Waals surface area contributed by atoms with Crippen molar-refractivity contribution in [3.63, 3.8) is 0 Å². The molecule has 1 amide bonds. The summed E-state index contributed by atoms with van der Waals surface area (Å²) in [5, 5.41) is 10.4. The van der Waals surface area contributed by atoms with Gasteiger partial charge in [-0.05, 0) is 56.4 Å². The van der Waals surface area contributed by atoms with E-state index in [0.717, 1.165) is 4.47 Å². The summed E-state index contributed by atoms with van der Waals surface area (Å²) in [5.74, 6) is -0.534.